The van der Waals surface area contributed by atoms with E-state index in [-0.39, 0.29) is 31.1 Å². The van der Waals surface area contributed by atoms with Gasteiger partial charge in [-0.1, -0.05) is 6.07 Å². The predicted molar refractivity (Wildman–Crippen MR) is 77.5 cm³/mol. The molecule has 0 unspecified atom stereocenters. The molecule has 0 atom stereocenters. The molecule has 0 aliphatic carbocycles. The van der Waals surface area contributed by atoms with Gasteiger partial charge in [-0.2, -0.15) is 5.26 Å². The van der Waals surface area contributed by atoms with Gasteiger partial charge < -0.3 is 9.30 Å². The van der Waals surface area contributed by atoms with Crippen molar-refractivity contribution in [3.8, 4) is 6.07 Å². The SMILES string of the molecule is CCOC(=O)CCC(=O)Cn1ccc2ccc(C#N)cc21. The number of rotatable bonds is 6. The van der Waals surface area contributed by atoms with Gasteiger partial charge in [-0.3, -0.25) is 9.59 Å². The lowest BCUT2D eigenvalue weighted by molar-refractivity contribution is -0.144. The smallest absolute Gasteiger partial charge is 0.306 e. The summed E-state index contributed by atoms with van der Waals surface area (Å²) in [4.78, 5) is 23.2. The van der Waals surface area contributed by atoms with Gasteiger partial charge in [-0.05, 0) is 30.5 Å². The number of ether oxygens (including phenoxy) is 1. The fourth-order valence-corrected chi connectivity index (χ4v) is 2.14. The van der Waals surface area contributed by atoms with Crippen LogP contribution in [0.3, 0.4) is 0 Å². The number of ketones is 1. The van der Waals surface area contributed by atoms with Crippen LogP contribution in [0.25, 0.3) is 10.9 Å². The third-order valence-corrected chi connectivity index (χ3v) is 3.16. The first-order chi connectivity index (χ1) is 10.1. The number of carbonyl (C=O) groups is 2. The molecule has 0 amide bonds. The molecule has 0 N–H and O–H groups in total. The summed E-state index contributed by atoms with van der Waals surface area (Å²) >= 11 is 0. The largest absolute Gasteiger partial charge is 0.466 e. The number of nitriles is 1. The van der Waals surface area contributed by atoms with Crippen LogP contribution in [0.2, 0.25) is 0 Å². The van der Waals surface area contributed by atoms with Gasteiger partial charge >= 0.3 is 5.97 Å². The molecular formula is C16H16N2O3. The first-order valence-corrected chi connectivity index (χ1v) is 6.80. The lowest BCUT2D eigenvalue weighted by Gasteiger charge is -2.05. The molecule has 1 aromatic heterocycles. The minimum Gasteiger partial charge on any atom is -0.466 e. The molecule has 5 heteroatoms. The van der Waals surface area contributed by atoms with Crippen LogP contribution in [0, 0.1) is 11.3 Å². The van der Waals surface area contributed by atoms with Crippen molar-refractivity contribution in [2.45, 2.75) is 26.3 Å². The highest BCUT2D eigenvalue weighted by Gasteiger charge is 2.10. The van der Waals surface area contributed by atoms with Gasteiger partial charge in [0.05, 0.1) is 31.2 Å². The molecule has 108 valence electrons. The number of nitrogens with zero attached hydrogens (tertiary/aromatic N) is 2. The molecule has 2 rings (SSSR count). The second-order valence-electron chi connectivity index (χ2n) is 4.67. The van der Waals surface area contributed by atoms with Crippen LogP contribution in [-0.4, -0.2) is 22.9 Å². The number of carbonyl (C=O) groups excluding carboxylic acids is 2. The molecule has 1 heterocycles. The van der Waals surface area contributed by atoms with E-state index in [1.165, 1.54) is 0 Å². The summed E-state index contributed by atoms with van der Waals surface area (Å²) in [6.07, 6.45) is 2.08. The van der Waals surface area contributed by atoms with Gasteiger partial charge in [0.15, 0.2) is 5.78 Å². The molecule has 5 nitrogen and oxygen atoms in total. The first kappa shape index (κ1) is 14.8. The van der Waals surface area contributed by atoms with Crippen LogP contribution in [0.4, 0.5) is 0 Å². The summed E-state index contributed by atoms with van der Waals surface area (Å²) in [7, 11) is 0. The normalized spacial score (nSPS) is 10.3. The zero-order chi connectivity index (χ0) is 15.2. The fourth-order valence-electron chi connectivity index (χ4n) is 2.14. The second kappa shape index (κ2) is 6.71. The number of fused-ring (bicyclic) bond motifs is 1. The summed E-state index contributed by atoms with van der Waals surface area (Å²) in [5.74, 6) is -0.391. The molecule has 0 radical (unpaired) electrons. The third kappa shape index (κ3) is 3.69. The highest BCUT2D eigenvalue weighted by molar-refractivity contribution is 5.86. The summed E-state index contributed by atoms with van der Waals surface area (Å²) in [5.41, 5.74) is 1.40. The number of aromatic nitrogens is 1. The van der Waals surface area contributed by atoms with Crippen molar-refractivity contribution in [1.82, 2.24) is 4.57 Å². The maximum Gasteiger partial charge on any atom is 0.306 e. The van der Waals surface area contributed by atoms with Gasteiger partial charge in [0.25, 0.3) is 0 Å². The summed E-state index contributed by atoms with van der Waals surface area (Å²) in [5, 5.41) is 9.90. The van der Waals surface area contributed by atoms with E-state index in [2.05, 4.69) is 6.07 Å². The van der Waals surface area contributed by atoms with Crippen molar-refractivity contribution in [3.05, 3.63) is 36.0 Å². The number of esters is 1. The molecule has 0 fully saturated rings. The van der Waals surface area contributed by atoms with Crippen LogP contribution in [0.15, 0.2) is 30.5 Å². The average molecular weight is 284 g/mol. The molecular weight excluding hydrogens is 268 g/mol. The molecule has 0 saturated carbocycles. The van der Waals surface area contributed by atoms with E-state index in [4.69, 9.17) is 10.00 Å². The highest BCUT2D eigenvalue weighted by Crippen LogP contribution is 2.17. The Kier molecular flexibility index (Phi) is 4.72. The van der Waals surface area contributed by atoms with Gasteiger partial charge in [0.1, 0.15) is 0 Å². The lowest BCUT2D eigenvalue weighted by Crippen LogP contribution is -2.12. The van der Waals surface area contributed by atoms with Crippen molar-refractivity contribution in [3.63, 3.8) is 0 Å². The minimum absolute atomic E-state index is 0.0390. The number of Topliss-reactive ketones (excluding diaryl/α,β-unsaturated/α-hetero) is 1. The zero-order valence-electron chi connectivity index (χ0n) is 11.8. The number of hydrogen-bond acceptors (Lipinski definition) is 4. The van der Waals surface area contributed by atoms with Crippen molar-refractivity contribution in [2.75, 3.05) is 6.61 Å². The van der Waals surface area contributed by atoms with Crippen molar-refractivity contribution in [1.29, 1.82) is 5.26 Å². The Labute approximate surface area is 122 Å². The van der Waals surface area contributed by atoms with Crippen molar-refractivity contribution < 1.29 is 14.3 Å². The second-order valence-corrected chi connectivity index (χ2v) is 4.67. The summed E-state index contributed by atoms with van der Waals surface area (Å²) in [6.45, 7) is 2.25. The minimum atomic E-state index is -0.352. The molecule has 1 aromatic carbocycles. The summed E-state index contributed by atoms with van der Waals surface area (Å²) < 4.78 is 6.59. The maximum atomic E-state index is 11.9. The van der Waals surface area contributed by atoms with Gasteiger partial charge in [-0.25, -0.2) is 0 Å². The Balaban J connectivity index is 2.04. The number of benzene rings is 1. The van der Waals surface area contributed by atoms with E-state index in [0.717, 1.165) is 10.9 Å². The molecule has 2 aromatic rings. The molecule has 0 spiro atoms. The maximum absolute atomic E-state index is 11.9. The van der Waals surface area contributed by atoms with E-state index in [9.17, 15) is 9.59 Å². The Bertz CT molecular complexity index is 710. The van der Waals surface area contributed by atoms with Gasteiger partial charge in [-0.15, -0.1) is 0 Å². The Morgan fingerprint density at radius 2 is 2.10 bits per heavy atom. The van der Waals surface area contributed by atoms with E-state index in [1.54, 1.807) is 23.6 Å². The molecule has 0 bridgehead atoms. The van der Waals surface area contributed by atoms with Crippen LogP contribution in [-0.2, 0) is 20.9 Å². The predicted octanol–water partition coefficient (Wildman–Crippen LogP) is 2.43. The van der Waals surface area contributed by atoms with E-state index in [1.807, 2.05) is 18.3 Å². The van der Waals surface area contributed by atoms with Crippen molar-refractivity contribution in [2.24, 2.45) is 0 Å². The van der Waals surface area contributed by atoms with E-state index < -0.39 is 0 Å². The fraction of sp³-hybridized carbons (Fsp3) is 0.312. The Hall–Kier alpha value is -2.61. The third-order valence-electron chi connectivity index (χ3n) is 3.16. The van der Waals surface area contributed by atoms with Crippen LogP contribution in [0.5, 0.6) is 0 Å². The molecule has 0 saturated heterocycles. The molecule has 0 aliphatic heterocycles. The first-order valence-electron chi connectivity index (χ1n) is 6.80. The zero-order valence-corrected chi connectivity index (χ0v) is 11.8. The Morgan fingerprint density at radius 1 is 1.29 bits per heavy atom. The van der Waals surface area contributed by atoms with E-state index in [0.29, 0.717) is 12.2 Å². The van der Waals surface area contributed by atoms with Crippen molar-refractivity contribution >= 4 is 22.7 Å². The van der Waals surface area contributed by atoms with Crippen LogP contribution < -0.4 is 0 Å². The highest BCUT2D eigenvalue weighted by atomic mass is 16.5. The van der Waals surface area contributed by atoms with Gasteiger partial charge in [0.2, 0.25) is 0 Å². The molecule has 0 aliphatic rings. The molecule has 21 heavy (non-hydrogen) atoms. The van der Waals surface area contributed by atoms with Gasteiger partial charge in [0, 0.05) is 18.1 Å². The standard InChI is InChI=1S/C16H16N2O3/c1-2-21-16(20)6-5-14(19)11-18-8-7-13-4-3-12(10-17)9-15(13)18/h3-4,7-9H,2,5-6,11H2,1H3. The lowest BCUT2D eigenvalue weighted by atomic mass is 10.2. The van der Waals surface area contributed by atoms with E-state index >= 15 is 0 Å². The topological polar surface area (TPSA) is 72.1 Å². The van der Waals surface area contributed by atoms with Crippen LogP contribution in [0.1, 0.15) is 25.3 Å². The van der Waals surface area contributed by atoms with Crippen LogP contribution >= 0.6 is 0 Å². The average Bonchev–Trinajstić information content (AvgIpc) is 2.87. The Morgan fingerprint density at radius 3 is 2.81 bits per heavy atom. The quantitative estimate of drug-likeness (QED) is 0.764. The summed E-state index contributed by atoms with van der Waals surface area (Å²) in [6, 6.07) is 9.34. The number of hydrogen-bond donors (Lipinski definition) is 0. The monoisotopic (exact) mass is 284 g/mol.